The summed E-state index contributed by atoms with van der Waals surface area (Å²) in [5.74, 6) is 1.77. The molecule has 96 valence electrons. The Morgan fingerprint density at radius 2 is 2.22 bits per heavy atom. The molecule has 1 saturated heterocycles. The minimum absolute atomic E-state index is 0.121. The zero-order chi connectivity index (χ0) is 12.5. The van der Waals surface area contributed by atoms with Gasteiger partial charge in [-0.3, -0.25) is 4.79 Å². The maximum absolute atomic E-state index is 12.4. The predicted octanol–water partition coefficient (Wildman–Crippen LogP) is 2.80. The Bertz CT molecular complexity index is 460. The minimum Gasteiger partial charge on any atom is -0.342 e. The van der Waals surface area contributed by atoms with Gasteiger partial charge in [0.2, 0.25) is 5.91 Å². The molecule has 2 atom stereocenters. The zero-order valence-corrected chi connectivity index (χ0v) is 11.2. The number of rotatable bonds is 3. The van der Waals surface area contributed by atoms with Crippen molar-refractivity contribution in [3.05, 3.63) is 35.4 Å². The van der Waals surface area contributed by atoms with E-state index in [1.807, 2.05) is 17.0 Å². The summed E-state index contributed by atoms with van der Waals surface area (Å²) in [6.07, 6.45) is 3.07. The van der Waals surface area contributed by atoms with Crippen LogP contribution in [0, 0.1) is 5.92 Å². The Kier molecular flexibility index (Phi) is 3.29. The molecule has 3 heteroatoms. The number of benzene rings is 1. The highest BCUT2D eigenvalue weighted by atomic mass is 35.5. The van der Waals surface area contributed by atoms with Crippen LogP contribution in [0.4, 0.5) is 0 Å². The van der Waals surface area contributed by atoms with Crippen LogP contribution in [0.3, 0.4) is 0 Å². The molecule has 0 radical (unpaired) electrons. The minimum atomic E-state index is 0.121. The van der Waals surface area contributed by atoms with E-state index < -0.39 is 0 Å². The fourth-order valence-corrected chi connectivity index (χ4v) is 3.43. The standard InChI is InChI=1S/C15H18ClNO/c16-7-5-11-6-8-17(10-11)15(18)14-9-12-3-1-2-4-13(12)14/h1-4,11,14H,5-10H2. The van der Waals surface area contributed by atoms with Crippen molar-refractivity contribution >= 4 is 17.5 Å². The molecule has 18 heavy (non-hydrogen) atoms. The number of hydrogen-bond acceptors (Lipinski definition) is 1. The number of carbonyl (C=O) groups excluding carboxylic acids is 1. The van der Waals surface area contributed by atoms with Gasteiger partial charge in [0.1, 0.15) is 0 Å². The third-order valence-electron chi connectivity index (χ3n) is 4.27. The van der Waals surface area contributed by atoms with E-state index in [-0.39, 0.29) is 5.92 Å². The van der Waals surface area contributed by atoms with Crippen molar-refractivity contribution in [3.8, 4) is 0 Å². The first kappa shape index (κ1) is 12.0. The van der Waals surface area contributed by atoms with Gasteiger partial charge in [-0.2, -0.15) is 0 Å². The van der Waals surface area contributed by atoms with E-state index in [1.165, 1.54) is 11.1 Å². The van der Waals surface area contributed by atoms with Gasteiger partial charge in [0.25, 0.3) is 0 Å². The van der Waals surface area contributed by atoms with Gasteiger partial charge in [-0.1, -0.05) is 24.3 Å². The van der Waals surface area contributed by atoms with E-state index in [1.54, 1.807) is 0 Å². The molecular weight excluding hydrogens is 246 g/mol. The van der Waals surface area contributed by atoms with Crippen LogP contribution in [-0.2, 0) is 11.2 Å². The molecule has 0 N–H and O–H groups in total. The van der Waals surface area contributed by atoms with Gasteiger partial charge in [-0.25, -0.2) is 0 Å². The van der Waals surface area contributed by atoms with Crippen LogP contribution in [-0.4, -0.2) is 29.8 Å². The predicted molar refractivity (Wildman–Crippen MR) is 72.9 cm³/mol. The van der Waals surface area contributed by atoms with Crippen LogP contribution < -0.4 is 0 Å². The molecule has 1 aliphatic heterocycles. The van der Waals surface area contributed by atoms with Crippen LogP contribution in [0.15, 0.2) is 24.3 Å². The zero-order valence-electron chi connectivity index (χ0n) is 10.4. The van der Waals surface area contributed by atoms with Crippen molar-refractivity contribution in [1.29, 1.82) is 0 Å². The Morgan fingerprint density at radius 3 is 3.00 bits per heavy atom. The van der Waals surface area contributed by atoms with Crippen LogP contribution in [0.1, 0.15) is 29.9 Å². The third-order valence-corrected chi connectivity index (χ3v) is 4.49. The normalized spacial score (nSPS) is 25.7. The van der Waals surface area contributed by atoms with Crippen molar-refractivity contribution in [1.82, 2.24) is 4.90 Å². The van der Waals surface area contributed by atoms with Crippen molar-refractivity contribution in [3.63, 3.8) is 0 Å². The smallest absolute Gasteiger partial charge is 0.230 e. The quantitative estimate of drug-likeness (QED) is 0.768. The lowest BCUT2D eigenvalue weighted by Crippen LogP contribution is -2.38. The molecule has 0 aromatic heterocycles. The fourth-order valence-electron chi connectivity index (χ4n) is 3.12. The maximum atomic E-state index is 12.4. The first-order chi connectivity index (χ1) is 8.79. The van der Waals surface area contributed by atoms with E-state index in [2.05, 4.69) is 12.1 Å². The average molecular weight is 264 g/mol. The van der Waals surface area contributed by atoms with Gasteiger partial charge in [-0.15, -0.1) is 11.6 Å². The third kappa shape index (κ3) is 2.03. The van der Waals surface area contributed by atoms with Gasteiger partial charge in [0.05, 0.1) is 5.92 Å². The van der Waals surface area contributed by atoms with Crippen LogP contribution >= 0.6 is 11.6 Å². The van der Waals surface area contributed by atoms with Crippen molar-refractivity contribution in [2.45, 2.75) is 25.2 Å². The van der Waals surface area contributed by atoms with Gasteiger partial charge in [-0.05, 0) is 36.3 Å². The molecule has 1 aromatic carbocycles. The molecule has 1 fully saturated rings. The SMILES string of the molecule is O=C(C1Cc2ccccc21)N1CCC(CCCl)C1. The number of alkyl halides is 1. The second-order valence-corrected chi connectivity index (χ2v) is 5.75. The summed E-state index contributed by atoms with van der Waals surface area (Å²) in [5.41, 5.74) is 2.58. The van der Waals surface area contributed by atoms with Crippen molar-refractivity contribution in [2.75, 3.05) is 19.0 Å². The number of likely N-dealkylation sites (tertiary alicyclic amines) is 1. The highest BCUT2D eigenvalue weighted by molar-refractivity contribution is 6.17. The summed E-state index contributed by atoms with van der Waals surface area (Å²) < 4.78 is 0. The first-order valence-electron chi connectivity index (χ1n) is 6.72. The largest absolute Gasteiger partial charge is 0.342 e. The topological polar surface area (TPSA) is 20.3 Å². The van der Waals surface area contributed by atoms with E-state index in [4.69, 9.17) is 11.6 Å². The summed E-state index contributed by atoms with van der Waals surface area (Å²) in [5, 5.41) is 0. The van der Waals surface area contributed by atoms with E-state index in [0.717, 1.165) is 32.4 Å². The second-order valence-electron chi connectivity index (χ2n) is 5.37. The van der Waals surface area contributed by atoms with Gasteiger partial charge < -0.3 is 4.90 Å². The number of carbonyl (C=O) groups is 1. The number of halogens is 1. The van der Waals surface area contributed by atoms with Gasteiger partial charge >= 0.3 is 0 Å². The second kappa shape index (κ2) is 4.93. The Hall–Kier alpha value is -1.02. The molecule has 1 heterocycles. The summed E-state index contributed by atoms with van der Waals surface area (Å²) in [6.45, 7) is 1.82. The number of hydrogen-bond donors (Lipinski definition) is 0. The molecule has 2 aliphatic rings. The highest BCUT2D eigenvalue weighted by Crippen LogP contribution is 2.37. The Morgan fingerprint density at radius 1 is 1.39 bits per heavy atom. The molecular formula is C15H18ClNO. The average Bonchev–Trinajstić information content (AvgIpc) is 2.80. The lowest BCUT2D eigenvalue weighted by Gasteiger charge is -2.32. The number of amides is 1. The summed E-state index contributed by atoms with van der Waals surface area (Å²) in [4.78, 5) is 14.5. The molecule has 0 bridgehead atoms. The first-order valence-corrected chi connectivity index (χ1v) is 7.25. The van der Waals surface area contributed by atoms with Crippen LogP contribution in [0.5, 0.6) is 0 Å². The molecule has 1 aromatic rings. The van der Waals surface area contributed by atoms with Crippen LogP contribution in [0.2, 0.25) is 0 Å². The van der Waals surface area contributed by atoms with Gasteiger partial charge in [0.15, 0.2) is 0 Å². The fraction of sp³-hybridized carbons (Fsp3) is 0.533. The number of fused-ring (bicyclic) bond motifs is 1. The molecule has 2 unspecified atom stereocenters. The molecule has 0 saturated carbocycles. The molecule has 0 spiro atoms. The Balaban J connectivity index is 1.64. The molecule has 3 rings (SSSR count). The highest BCUT2D eigenvalue weighted by Gasteiger charge is 2.36. The van der Waals surface area contributed by atoms with E-state index in [0.29, 0.717) is 17.7 Å². The Labute approximate surface area is 113 Å². The lowest BCUT2D eigenvalue weighted by atomic mass is 9.77. The molecule has 1 aliphatic carbocycles. The van der Waals surface area contributed by atoms with E-state index >= 15 is 0 Å². The van der Waals surface area contributed by atoms with Gasteiger partial charge in [0, 0.05) is 19.0 Å². The lowest BCUT2D eigenvalue weighted by molar-refractivity contribution is -0.132. The maximum Gasteiger partial charge on any atom is 0.230 e. The van der Waals surface area contributed by atoms with Crippen LogP contribution in [0.25, 0.3) is 0 Å². The summed E-state index contributed by atoms with van der Waals surface area (Å²) in [7, 11) is 0. The summed E-state index contributed by atoms with van der Waals surface area (Å²) >= 11 is 5.77. The van der Waals surface area contributed by atoms with E-state index in [9.17, 15) is 4.79 Å². The number of nitrogens with zero attached hydrogens (tertiary/aromatic N) is 1. The monoisotopic (exact) mass is 263 g/mol. The van der Waals surface area contributed by atoms with Crippen molar-refractivity contribution < 1.29 is 4.79 Å². The van der Waals surface area contributed by atoms with Crippen molar-refractivity contribution in [2.24, 2.45) is 5.92 Å². The molecule has 2 nitrogen and oxygen atoms in total. The molecule has 1 amide bonds. The summed E-state index contributed by atoms with van der Waals surface area (Å²) in [6, 6.07) is 8.29.